The van der Waals surface area contributed by atoms with Crippen molar-refractivity contribution in [1.29, 1.82) is 0 Å². The van der Waals surface area contributed by atoms with Gasteiger partial charge in [0, 0.05) is 34.9 Å². The molecule has 4 nitrogen and oxygen atoms in total. The first-order valence-electron chi connectivity index (χ1n) is 8.10. The molecule has 0 bridgehead atoms. The summed E-state index contributed by atoms with van der Waals surface area (Å²) >= 11 is 9.60. The maximum Gasteiger partial charge on any atom is 0.263 e. The second-order valence-electron chi connectivity index (χ2n) is 6.60. The largest absolute Gasteiger partial charge is 0.393 e. The van der Waals surface area contributed by atoms with Crippen LogP contribution in [-0.4, -0.2) is 24.2 Å². The first kappa shape index (κ1) is 17.0. The van der Waals surface area contributed by atoms with E-state index in [0.29, 0.717) is 11.4 Å². The molecule has 2 aromatic carbocycles. The van der Waals surface area contributed by atoms with Crippen LogP contribution in [0.25, 0.3) is 0 Å². The van der Waals surface area contributed by atoms with E-state index >= 15 is 0 Å². The third kappa shape index (κ3) is 2.70. The maximum atomic E-state index is 13.1. The molecule has 4 rings (SSSR count). The number of halogens is 2. The van der Waals surface area contributed by atoms with Crippen molar-refractivity contribution in [2.75, 3.05) is 11.9 Å². The van der Waals surface area contributed by atoms with E-state index in [1.807, 2.05) is 30.3 Å². The Bertz CT molecular complexity index is 841. The molecule has 1 N–H and O–H groups in total. The number of benzene rings is 2. The minimum Gasteiger partial charge on any atom is -0.393 e. The Morgan fingerprint density at radius 2 is 2.00 bits per heavy atom. The average molecular weight is 423 g/mol. The van der Waals surface area contributed by atoms with Gasteiger partial charge in [-0.2, -0.15) is 0 Å². The van der Waals surface area contributed by atoms with Crippen molar-refractivity contribution in [2.45, 2.75) is 30.7 Å². The Balaban J connectivity index is 1.80. The molecule has 2 aliphatic heterocycles. The lowest BCUT2D eigenvalue weighted by atomic mass is 9.83. The van der Waals surface area contributed by atoms with Crippen LogP contribution in [0.4, 0.5) is 5.69 Å². The van der Waals surface area contributed by atoms with E-state index in [4.69, 9.17) is 16.3 Å². The quantitative estimate of drug-likeness (QED) is 0.750. The normalized spacial score (nSPS) is 28.5. The van der Waals surface area contributed by atoms with Crippen molar-refractivity contribution in [1.82, 2.24) is 0 Å². The monoisotopic (exact) mass is 421 g/mol. The SMILES string of the molecule is CN1C(=O)[C@]2(C[C@@H](O)C[C@H](c3ccc(Br)cc3)O2)c2cc(Cl)ccc21. The van der Waals surface area contributed by atoms with Crippen LogP contribution >= 0.6 is 27.5 Å². The van der Waals surface area contributed by atoms with Crippen LogP contribution in [0, 0.1) is 0 Å². The highest BCUT2D eigenvalue weighted by Gasteiger charge is 2.55. The van der Waals surface area contributed by atoms with Gasteiger partial charge >= 0.3 is 0 Å². The highest BCUT2D eigenvalue weighted by molar-refractivity contribution is 9.10. The molecule has 1 saturated heterocycles. The number of anilines is 1. The average Bonchev–Trinajstić information content (AvgIpc) is 2.77. The van der Waals surface area contributed by atoms with Gasteiger partial charge in [0.05, 0.1) is 17.9 Å². The molecule has 2 heterocycles. The molecule has 1 fully saturated rings. The molecule has 1 spiro atoms. The molecule has 130 valence electrons. The number of fused-ring (bicyclic) bond motifs is 2. The summed E-state index contributed by atoms with van der Waals surface area (Å²) in [5.74, 6) is -0.161. The van der Waals surface area contributed by atoms with Gasteiger partial charge in [-0.15, -0.1) is 0 Å². The highest BCUT2D eigenvalue weighted by Crippen LogP contribution is 2.51. The Morgan fingerprint density at radius 3 is 2.72 bits per heavy atom. The maximum absolute atomic E-state index is 13.1. The summed E-state index contributed by atoms with van der Waals surface area (Å²) in [6.45, 7) is 0. The molecule has 3 atom stereocenters. The van der Waals surface area contributed by atoms with E-state index in [2.05, 4.69) is 15.9 Å². The summed E-state index contributed by atoms with van der Waals surface area (Å²) in [5, 5.41) is 11.1. The van der Waals surface area contributed by atoms with Crippen LogP contribution in [0.3, 0.4) is 0 Å². The van der Waals surface area contributed by atoms with Crippen molar-refractivity contribution >= 4 is 39.1 Å². The molecule has 0 radical (unpaired) electrons. The van der Waals surface area contributed by atoms with Crippen LogP contribution in [0.2, 0.25) is 5.02 Å². The summed E-state index contributed by atoms with van der Waals surface area (Å²) in [5.41, 5.74) is 1.25. The summed E-state index contributed by atoms with van der Waals surface area (Å²) < 4.78 is 7.34. The lowest BCUT2D eigenvalue weighted by Crippen LogP contribution is -2.47. The minimum absolute atomic E-state index is 0.161. The number of carbonyl (C=O) groups is 1. The van der Waals surface area contributed by atoms with Crippen molar-refractivity contribution in [3.05, 3.63) is 63.1 Å². The molecule has 25 heavy (non-hydrogen) atoms. The second kappa shape index (κ2) is 6.09. The van der Waals surface area contributed by atoms with E-state index in [0.717, 1.165) is 21.3 Å². The standard InChI is InChI=1S/C19H17BrClNO3/c1-22-16-7-6-13(21)8-15(16)19(18(22)24)10-14(23)9-17(25-19)11-2-4-12(20)5-3-11/h2-8,14,17,23H,9-10H2,1H3/t14-,17+,19-/m0/s1. The van der Waals surface area contributed by atoms with Crippen LogP contribution in [-0.2, 0) is 15.1 Å². The van der Waals surface area contributed by atoms with E-state index in [1.165, 1.54) is 0 Å². The van der Waals surface area contributed by atoms with Crippen molar-refractivity contribution in [3.63, 3.8) is 0 Å². The first-order chi connectivity index (χ1) is 11.9. The number of amides is 1. The molecule has 0 saturated carbocycles. The molecule has 0 unspecified atom stereocenters. The van der Waals surface area contributed by atoms with E-state index in [9.17, 15) is 9.90 Å². The predicted octanol–water partition coefficient (Wildman–Crippen LogP) is 4.19. The Labute approximate surface area is 159 Å². The highest BCUT2D eigenvalue weighted by atomic mass is 79.9. The third-order valence-corrected chi connectivity index (χ3v) is 5.76. The van der Waals surface area contributed by atoms with Crippen LogP contribution in [0.1, 0.15) is 30.1 Å². The summed E-state index contributed by atoms with van der Waals surface area (Å²) in [4.78, 5) is 14.7. The van der Waals surface area contributed by atoms with Crippen LogP contribution in [0.5, 0.6) is 0 Å². The minimum atomic E-state index is -1.19. The zero-order valence-corrected chi connectivity index (χ0v) is 15.9. The molecule has 2 aliphatic rings. The van der Waals surface area contributed by atoms with E-state index in [-0.39, 0.29) is 18.4 Å². The molecular weight excluding hydrogens is 406 g/mol. The number of carbonyl (C=O) groups excluding carboxylic acids is 1. The Morgan fingerprint density at radius 1 is 1.28 bits per heavy atom. The Kier molecular flexibility index (Phi) is 4.15. The number of hydrogen-bond donors (Lipinski definition) is 1. The molecule has 0 aliphatic carbocycles. The summed E-state index contributed by atoms with van der Waals surface area (Å²) in [6, 6.07) is 13.1. The van der Waals surface area contributed by atoms with Gasteiger partial charge in [-0.1, -0.05) is 39.7 Å². The summed E-state index contributed by atoms with van der Waals surface area (Å²) in [7, 11) is 1.73. The van der Waals surface area contributed by atoms with Gasteiger partial charge in [-0.3, -0.25) is 4.79 Å². The van der Waals surface area contributed by atoms with Crippen molar-refractivity contribution in [2.24, 2.45) is 0 Å². The van der Waals surface area contributed by atoms with Gasteiger partial charge in [-0.05, 0) is 35.9 Å². The molecule has 2 aromatic rings. The van der Waals surface area contributed by atoms with E-state index in [1.54, 1.807) is 24.1 Å². The lowest BCUT2D eigenvalue weighted by molar-refractivity contribution is -0.180. The van der Waals surface area contributed by atoms with Crippen LogP contribution in [0.15, 0.2) is 46.9 Å². The number of rotatable bonds is 1. The number of ether oxygens (including phenoxy) is 1. The topological polar surface area (TPSA) is 49.8 Å². The number of aliphatic hydroxyl groups is 1. The van der Waals surface area contributed by atoms with Gasteiger partial charge in [0.25, 0.3) is 5.91 Å². The van der Waals surface area contributed by atoms with Crippen LogP contribution < -0.4 is 4.90 Å². The third-order valence-electron chi connectivity index (χ3n) is 5.00. The smallest absolute Gasteiger partial charge is 0.263 e. The number of aliphatic hydroxyl groups excluding tert-OH is 1. The lowest BCUT2D eigenvalue weighted by Gasteiger charge is -2.40. The van der Waals surface area contributed by atoms with Gasteiger partial charge in [0.2, 0.25) is 0 Å². The predicted molar refractivity (Wildman–Crippen MR) is 99.7 cm³/mol. The zero-order valence-electron chi connectivity index (χ0n) is 13.6. The van der Waals surface area contributed by atoms with Gasteiger partial charge in [0.15, 0.2) is 5.60 Å². The zero-order chi connectivity index (χ0) is 17.8. The fourth-order valence-corrected chi connectivity index (χ4v) is 4.25. The number of nitrogens with zero attached hydrogens (tertiary/aromatic N) is 1. The van der Waals surface area contributed by atoms with Gasteiger partial charge in [-0.25, -0.2) is 0 Å². The first-order valence-corrected chi connectivity index (χ1v) is 9.27. The summed E-state index contributed by atoms with van der Waals surface area (Å²) in [6.07, 6.45) is -0.309. The number of hydrogen-bond acceptors (Lipinski definition) is 3. The van der Waals surface area contributed by atoms with E-state index < -0.39 is 11.7 Å². The van der Waals surface area contributed by atoms with Gasteiger partial charge in [0.1, 0.15) is 0 Å². The Hall–Kier alpha value is -1.40. The number of likely N-dealkylation sites (N-methyl/N-ethyl adjacent to an activating group) is 1. The van der Waals surface area contributed by atoms with Crippen molar-refractivity contribution < 1.29 is 14.6 Å². The second-order valence-corrected chi connectivity index (χ2v) is 7.96. The van der Waals surface area contributed by atoms with Gasteiger partial charge < -0.3 is 14.7 Å². The molecule has 6 heteroatoms. The molecule has 0 aromatic heterocycles. The fraction of sp³-hybridized carbons (Fsp3) is 0.316. The molecular formula is C19H17BrClNO3. The fourth-order valence-electron chi connectivity index (χ4n) is 3.81. The van der Waals surface area contributed by atoms with Crippen molar-refractivity contribution in [3.8, 4) is 0 Å². The molecule has 1 amide bonds.